The number of ether oxygens (including phenoxy) is 1. The number of nitrogens with zero attached hydrogens (tertiary/aromatic N) is 4. The number of amides is 1. The van der Waals surface area contributed by atoms with Crippen LogP contribution in [-0.2, 0) is 4.74 Å². The van der Waals surface area contributed by atoms with Gasteiger partial charge in [0.25, 0.3) is 5.69 Å². The Bertz CT molecular complexity index is 1110. The van der Waals surface area contributed by atoms with Crippen molar-refractivity contribution in [2.75, 3.05) is 13.1 Å². The van der Waals surface area contributed by atoms with Gasteiger partial charge in [0.05, 0.1) is 22.0 Å². The molecule has 2 aromatic carbocycles. The number of carbonyl (C=O) groups is 1. The molecule has 0 spiro atoms. The summed E-state index contributed by atoms with van der Waals surface area (Å²) in [5.74, 6) is 0. The molecule has 2 heterocycles. The van der Waals surface area contributed by atoms with Crippen molar-refractivity contribution in [3.05, 3.63) is 58.8 Å². The van der Waals surface area contributed by atoms with Crippen LogP contribution in [-0.4, -0.2) is 44.4 Å². The van der Waals surface area contributed by atoms with E-state index in [1.165, 1.54) is 0 Å². The van der Waals surface area contributed by atoms with Crippen LogP contribution >= 0.6 is 0 Å². The van der Waals surface area contributed by atoms with Crippen molar-refractivity contribution in [1.29, 1.82) is 0 Å². The van der Waals surface area contributed by atoms with Crippen molar-refractivity contribution in [2.24, 2.45) is 0 Å². The maximum absolute atomic E-state index is 12.3. The molecule has 0 bridgehead atoms. The van der Waals surface area contributed by atoms with Gasteiger partial charge >= 0.3 is 6.09 Å². The zero-order valence-electron chi connectivity index (χ0n) is 17.9. The third-order valence-electron chi connectivity index (χ3n) is 5.41. The van der Waals surface area contributed by atoms with E-state index < -0.39 is 5.60 Å². The highest BCUT2D eigenvalue weighted by Crippen LogP contribution is 2.34. The summed E-state index contributed by atoms with van der Waals surface area (Å²) in [6.07, 6.45) is 3.08. The Kier molecular flexibility index (Phi) is 5.39. The summed E-state index contributed by atoms with van der Waals surface area (Å²) >= 11 is 0. The Morgan fingerprint density at radius 3 is 2.45 bits per heavy atom. The maximum atomic E-state index is 12.3. The molecule has 1 fully saturated rings. The van der Waals surface area contributed by atoms with Crippen LogP contribution in [0.1, 0.15) is 39.7 Å². The van der Waals surface area contributed by atoms with E-state index in [1.54, 1.807) is 17.0 Å². The van der Waals surface area contributed by atoms with Gasteiger partial charge in [-0.1, -0.05) is 30.3 Å². The van der Waals surface area contributed by atoms with E-state index >= 15 is 0 Å². The van der Waals surface area contributed by atoms with Crippen LogP contribution < -0.4 is 0 Å². The van der Waals surface area contributed by atoms with Gasteiger partial charge in [-0.2, -0.15) is 5.10 Å². The molecule has 3 aromatic rings. The van der Waals surface area contributed by atoms with Gasteiger partial charge in [-0.15, -0.1) is 0 Å². The van der Waals surface area contributed by atoms with E-state index in [9.17, 15) is 14.9 Å². The molecule has 1 aliphatic heterocycles. The lowest BCUT2D eigenvalue weighted by atomic mass is 10.0. The van der Waals surface area contributed by atoms with Gasteiger partial charge in [-0.25, -0.2) is 4.79 Å². The van der Waals surface area contributed by atoms with Crippen LogP contribution in [0, 0.1) is 10.1 Å². The SMILES string of the molecule is CC(C)(C)OC(=O)N1CCC(n2cc3cc([N+](=O)[O-])c(-c4ccccc4)cc3n2)CC1. The topological polar surface area (TPSA) is 90.5 Å². The summed E-state index contributed by atoms with van der Waals surface area (Å²) in [6.45, 7) is 6.75. The lowest BCUT2D eigenvalue weighted by Crippen LogP contribution is -2.42. The van der Waals surface area contributed by atoms with Crippen molar-refractivity contribution >= 4 is 22.7 Å². The molecule has 162 valence electrons. The molecule has 0 atom stereocenters. The number of rotatable bonds is 3. The molecule has 1 saturated heterocycles. The number of likely N-dealkylation sites (tertiary alicyclic amines) is 1. The minimum Gasteiger partial charge on any atom is -0.444 e. The van der Waals surface area contributed by atoms with Crippen molar-refractivity contribution in [1.82, 2.24) is 14.7 Å². The van der Waals surface area contributed by atoms with Crippen LogP contribution in [0.15, 0.2) is 48.7 Å². The largest absolute Gasteiger partial charge is 0.444 e. The fraction of sp³-hybridized carbons (Fsp3) is 0.391. The summed E-state index contributed by atoms with van der Waals surface area (Å²) < 4.78 is 7.34. The summed E-state index contributed by atoms with van der Waals surface area (Å²) in [4.78, 5) is 25.3. The number of nitro groups is 1. The number of benzene rings is 2. The molecule has 1 amide bonds. The number of hydrogen-bond donors (Lipinski definition) is 0. The molecule has 0 unspecified atom stereocenters. The molecule has 0 aliphatic carbocycles. The number of carbonyl (C=O) groups excluding carboxylic acids is 1. The number of fused-ring (bicyclic) bond motifs is 1. The van der Waals surface area contributed by atoms with Crippen LogP contribution in [0.25, 0.3) is 22.0 Å². The van der Waals surface area contributed by atoms with Gasteiger partial charge in [0.2, 0.25) is 0 Å². The second-order valence-electron chi connectivity index (χ2n) is 8.86. The first-order chi connectivity index (χ1) is 14.7. The highest BCUT2D eigenvalue weighted by Gasteiger charge is 2.28. The second-order valence-corrected chi connectivity index (χ2v) is 8.86. The average molecular weight is 422 g/mol. The summed E-state index contributed by atoms with van der Waals surface area (Å²) in [5, 5.41) is 17.1. The summed E-state index contributed by atoms with van der Waals surface area (Å²) in [6, 6.07) is 12.8. The molecular weight excluding hydrogens is 396 g/mol. The lowest BCUT2D eigenvalue weighted by Gasteiger charge is -2.33. The van der Waals surface area contributed by atoms with E-state index in [0.29, 0.717) is 18.7 Å². The Balaban J connectivity index is 1.56. The highest BCUT2D eigenvalue weighted by atomic mass is 16.6. The van der Waals surface area contributed by atoms with Crippen molar-refractivity contribution in [2.45, 2.75) is 45.3 Å². The van der Waals surface area contributed by atoms with Gasteiger partial charge in [0.15, 0.2) is 0 Å². The molecule has 0 radical (unpaired) electrons. The predicted octanol–water partition coefficient (Wildman–Crippen LogP) is 5.18. The van der Waals surface area contributed by atoms with Gasteiger partial charge in [0.1, 0.15) is 5.60 Å². The zero-order valence-corrected chi connectivity index (χ0v) is 17.9. The molecule has 8 heteroatoms. The van der Waals surface area contributed by atoms with Crippen molar-refractivity contribution < 1.29 is 14.5 Å². The molecule has 1 aliphatic rings. The number of aromatic nitrogens is 2. The van der Waals surface area contributed by atoms with Crippen LogP contribution in [0.2, 0.25) is 0 Å². The first-order valence-electron chi connectivity index (χ1n) is 10.4. The smallest absolute Gasteiger partial charge is 0.410 e. The predicted molar refractivity (Wildman–Crippen MR) is 118 cm³/mol. The molecule has 0 N–H and O–H groups in total. The van der Waals surface area contributed by atoms with E-state index in [4.69, 9.17) is 9.84 Å². The number of hydrogen-bond acceptors (Lipinski definition) is 5. The fourth-order valence-electron chi connectivity index (χ4n) is 3.91. The molecule has 1 aromatic heterocycles. The summed E-state index contributed by atoms with van der Waals surface area (Å²) in [5.41, 5.74) is 1.62. The Morgan fingerprint density at radius 2 is 1.84 bits per heavy atom. The minimum atomic E-state index is -0.515. The first kappa shape index (κ1) is 20.8. The van der Waals surface area contributed by atoms with E-state index in [-0.39, 0.29) is 22.7 Å². The molecular formula is C23H26N4O4. The highest BCUT2D eigenvalue weighted by molar-refractivity contribution is 5.89. The second kappa shape index (κ2) is 8.02. The quantitative estimate of drug-likeness (QED) is 0.428. The van der Waals surface area contributed by atoms with Crippen molar-refractivity contribution in [3.63, 3.8) is 0 Å². The summed E-state index contributed by atoms with van der Waals surface area (Å²) in [7, 11) is 0. The maximum Gasteiger partial charge on any atom is 0.410 e. The Labute approximate surface area is 180 Å². The number of piperidine rings is 1. The zero-order chi connectivity index (χ0) is 22.2. The van der Waals surface area contributed by atoms with Gasteiger partial charge < -0.3 is 9.64 Å². The van der Waals surface area contributed by atoms with Crippen LogP contribution in [0.4, 0.5) is 10.5 Å². The van der Waals surface area contributed by atoms with Gasteiger partial charge in [-0.3, -0.25) is 14.8 Å². The Morgan fingerprint density at radius 1 is 1.16 bits per heavy atom. The standard InChI is InChI=1S/C23H26N4O4/c1-23(2,3)31-22(28)25-11-9-18(10-12-25)26-15-17-13-21(27(29)30)19(14-20(17)24-26)16-7-5-4-6-8-16/h4-8,13-15,18H,9-12H2,1-3H3. The monoisotopic (exact) mass is 422 g/mol. The first-order valence-corrected chi connectivity index (χ1v) is 10.4. The van der Waals surface area contributed by atoms with Crippen LogP contribution in [0.3, 0.4) is 0 Å². The van der Waals surface area contributed by atoms with Crippen LogP contribution in [0.5, 0.6) is 0 Å². The average Bonchev–Trinajstić information content (AvgIpc) is 3.15. The number of nitro benzene ring substituents is 1. The third-order valence-corrected chi connectivity index (χ3v) is 5.41. The normalized spacial score (nSPS) is 15.3. The fourth-order valence-corrected chi connectivity index (χ4v) is 3.91. The molecule has 4 rings (SSSR count). The third kappa shape index (κ3) is 4.52. The lowest BCUT2D eigenvalue weighted by molar-refractivity contribution is -0.384. The van der Waals surface area contributed by atoms with Crippen molar-refractivity contribution in [3.8, 4) is 11.1 Å². The molecule has 8 nitrogen and oxygen atoms in total. The van der Waals surface area contributed by atoms with Gasteiger partial charge in [-0.05, 0) is 45.2 Å². The Hall–Kier alpha value is -3.42. The van der Waals surface area contributed by atoms with E-state index in [0.717, 1.165) is 29.3 Å². The minimum absolute atomic E-state index is 0.0676. The van der Waals surface area contributed by atoms with E-state index in [1.807, 2.05) is 62.0 Å². The van der Waals surface area contributed by atoms with Gasteiger partial charge in [0, 0.05) is 30.7 Å². The molecule has 31 heavy (non-hydrogen) atoms. The molecule has 0 saturated carbocycles. The van der Waals surface area contributed by atoms with E-state index in [2.05, 4.69) is 0 Å².